The van der Waals surface area contributed by atoms with E-state index in [1.54, 1.807) is 6.33 Å². The SMILES string of the molecule is CC1CC(O)(Cc2ncnn2C(C)C)CN1C. The topological polar surface area (TPSA) is 54.2 Å². The van der Waals surface area contributed by atoms with Gasteiger partial charge in [-0.05, 0) is 34.2 Å². The standard InChI is InChI=1S/C12H22N4O/c1-9(2)16-11(13-8-14-16)6-12(17)5-10(3)15(4)7-12/h8-10,17H,5-7H2,1-4H3. The minimum absolute atomic E-state index is 0.285. The van der Waals surface area contributed by atoms with Crippen LogP contribution in [0.15, 0.2) is 6.33 Å². The molecule has 2 unspecified atom stereocenters. The first kappa shape index (κ1) is 12.5. The Balaban J connectivity index is 2.13. The fourth-order valence-electron chi connectivity index (χ4n) is 2.64. The Bertz CT molecular complexity index is 378. The highest BCUT2D eigenvalue weighted by Gasteiger charge is 2.40. The van der Waals surface area contributed by atoms with E-state index in [4.69, 9.17) is 0 Å². The van der Waals surface area contributed by atoms with Crippen molar-refractivity contribution < 1.29 is 5.11 Å². The number of hydrogen-bond acceptors (Lipinski definition) is 4. The number of β-amino-alcohol motifs (C(OH)–C–C–N with tert-alkyl or cyclic N) is 1. The molecule has 0 aromatic carbocycles. The summed E-state index contributed by atoms with van der Waals surface area (Å²) < 4.78 is 1.89. The molecule has 2 atom stereocenters. The Labute approximate surface area is 102 Å². The number of likely N-dealkylation sites (tertiary alicyclic amines) is 1. The third-order valence-electron chi connectivity index (χ3n) is 3.60. The number of nitrogens with zero attached hydrogens (tertiary/aromatic N) is 4. The second-order valence-corrected chi connectivity index (χ2v) is 5.58. The lowest BCUT2D eigenvalue weighted by atomic mass is 9.96. The van der Waals surface area contributed by atoms with Gasteiger partial charge in [0, 0.05) is 25.0 Å². The molecule has 1 aromatic heterocycles. The van der Waals surface area contributed by atoms with E-state index in [0.717, 1.165) is 12.2 Å². The minimum Gasteiger partial charge on any atom is -0.388 e. The number of aromatic nitrogens is 3. The molecule has 2 heterocycles. The molecule has 0 saturated carbocycles. The summed E-state index contributed by atoms with van der Waals surface area (Å²) in [5, 5.41) is 14.8. The molecular formula is C12H22N4O. The van der Waals surface area contributed by atoms with Gasteiger partial charge in [-0.25, -0.2) is 9.67 Å². The largest absolute Gasteiger partial charge is 0.388 e. The third kappa shape index (κ3) is 2.50. The number of aliphatic hydroxyl groups is 1. The number of hydrogen-bond donors (Lipinski definition) is 1. The maximum atomic E-state index is 10.6. The molecule has 2 rings (SSSR count). The van der Waals surface area contributed by atoms with Crippen molar-refractivity contribution in [3.05, 3.63) is 12.2 Å². The first-order valence-electron chi connectivity index (χ1n) is 6.22. The Kier molecular flexibility index (Phi) is 3.23. The van der Waals surface area contributed by atoms with Gasteiger partial charge in [0.05, 0.1) is 5.60 Å². The minimum atomic E-state index is -0.659. The molecule has 1 fully saturated rings. The van der Waals surface area contributed by atoms with Crippen LogP contribution in [0.4, 0.5) is 0 Å². The summed E-state index contributed by atoms with van der Waals surface area (Å²) in [6.07, 6.45) is 2.95. The van der Waals surface area contributed by atoms with Crippen LogP contribution in [-0.2, 0) is 6.42 Å². The van der Waals surface area contributed by atoms with Crippen LogP contribution >= 0.6 is 0 Å². The molecule has 0 spiro atoms. The Morgan fingerprint density at radius 1 is 1.59 bits per heavy atom. The van der Waals surface area contributed by atoms with Crippen LogP contribution in [0, 0.1) is 0 Å². The molecule has 1 aliphatic rings. The van der Waals surface area contributed by atoms with Gasteiger partial charge in [-0.2, -0.15) is 5.10 Å². The molecule has 1 saturated heterocycles. The van der Waals surface area contributed by atoms with Crippen LogP contribution in [0.2, 0.25) is 0 Å². The zero-order chi connectivity index (χ0) is 12.6. The van der Waals surface area contributed by atoms with Crippen molar-refractivity contribution in [2.45, 2.75) is 51.3 Å². The van der Waals surface area contributed by atoms with Gasteiger partial charge in [-0.3, -0.25) is 0 Å². The molecule has 0 radical (unpaired) electrons. The second-order valence-electron chi connectivity index (χ2n) is 5.58. The van der Waals surface area contributed by atoms with E-state index in [1.807, 2.05) is 4.68 Å². The first-order chi connectivity index (χ1) is 7.91. The number of rotatable bonds is 3. The quantitative estimate of drug-likeness (QED) is 0.848. The Morgan fingerprint density at radius 2 is 2.29 bits per heavy atom. The van der Waals surface area contributed by atoms with E-state index in [-0.39, 0.29) is 6.04 Å². The maximum absolute atomic E-state index is 10.6. The van der Waals surface area contributed by atoms with Gasteiger partial charge in [-0.1, -0.05) is 0 Å². The fraction of sp³-hybridized carbons (Fsp3) is 0.833. The molecular weight excluding hydrogens is 216 g/mol. The van der Waals surface area contributed by atoms with E-state index in [2.05, 4.69) is 42.8 Å². The van der Waals surface area contributed by atoms with E-state index >= 15 is 0 Å². The molecule has 0 aliphatic carbocycles. The lowest BCUT2D eigenvalue weighted by Crippen LogP contribution is -2.35. The highest BCUT2D eigenvalue weighted by molar-refractivity contribution is 5.02. The highest BCUT2D eigenvalue weighted by Crippen LogP contribution is 2.28. The zero-order valence-electron chi connectivity index (χ0n) is 11.1. The monoisotopic (exact) mass is 238 g/mol. The van der Waals surface area contributed by atoms with Gasteiger partial charge in [0.1, 0.15) is 12.2 Å². The summed E-state index contributed by atoms with van der Waals surface area (Å²) >= 11 is 0. The molecule has 0 bridgehead atoms. The second kappa shape index (κ2) is 4.38. The fourth-order valence-corrected chi connectivity index (χ4v) is 2.64. The molecule has 1 aromatic rings. The third-order valence-corrected chi connectivity index (χ3v) is 3.60. The van der Waals surface area contributed by atoms with Gasteiger partial charge in [-0.15, -0.1) is 0 Å². The zero-order valence-corrected chi connectivity index (χ0v) is 11.1. The van der Waals surface area contributed by atoms with Gasteiger partial charge in [0.15, 0.2) is 0 Å². The van der Waals surface area contributed by atoms with Crippen LogP contribution in [0.1, 0.15) is 39.1 Å². The van der Waals surface area contributed by atoms with Crippen molar-refractivity contribution in [1.29, 1.82) is 0 Å². The molecule has 17 heavy (non-hydrogen) atoms. The summed E-state index contributed by atoms with van der Waals surface area (Å²) in [5.74, 6) is 0.880. The molecule has 1 aliphatic heterocycles. The van der Waals surface area contributed by atoms with E-state index in [0.29, 0.717) is 19.0 Å². The van der Waals surface area contributed by atoms with Crippen LogP contribution in [0.25, 0.3) is 0 Å². The van der Waals surface area contributed by atoms with Crippen molar-refractivity contribution in [3.8, 4) is 0 Å². The molecule has 96 valence electrons. The van der Waals surface area contributed by atoms with Crippen molar-refractivity contribution >= 4 is 0 Å². The summed E-state index contributed by atoms with van der Waals surface area (Å²) in [6.45, 7) is 7.00. The lowest BCUT2D eigenvalue weighted by molar-refractivity contribution is 0.0487. The normalized spacial score (nSPS) is 30.4. The summed E-state index contributed by atoms with van der Waals surface area (Å²) in [5.41, 5.74) is -0.659. The van der Waals surface area contributed by atoms with Crippen LogP contribution in [0.5, 0.6) is 0 Å². The van der Waals surface area contributed by atoms with Gasteiger partial charge >= 0.3 is 0 Å². The average molecular weight is 238 g/mol. The predicted molar refractivity (Wildman–Crippen MR) is 65.8 cm³/mol. The molecule has 1 N–H and O–H groups in total. The smallest absolute Gasteiger partial charge is 0.138 e. The highest BCUT2D eigenvalue weighted by atomic mass is 16.3. The van der Waals surface area contributed by atoms with Crippen molar-refractivity contribution in [3.63, 3.8) is 0 Å². The Hall–Kier alpha value is -0.940. The van der Waals surface area contributed by atoms with Crippen LogP contribution in [-0.4, -0.2) is 50.0 Å². The van der Waals surface area contributed by atoms with Gasteiger partial charge < -0.3 is 10.0 Å². The maximum Gasteiger partial charge on any atom is 0.138 e. The van der Waals surface area contributed by atoms with Gasteiger partial charge in [0.25, 0.3) is 0 Å². The van der Waals surface area contributed by atoms with E-state index in [1.165, 1.54) is 0 Å². The molecule has 5 heteroatoms. The van der Waals surface area contributed by atoms with Crippen molar-refractivity contribution in [2.75, 3.05) is 13.6 Å². The summed E-state index contributed by atoms with van der Waals surface area (Å²) in [6, 6.07) is 0.711. The molecule has 0 amide bonds. The summed E-state index contributed by atoms with van der Waals surface area (Å²) in [4.78, 5) is 6.46. The van der Waals surface area contributed by atoms with Crippen LogP contribution < -0.4 is 0 Å². The first-order valence-corrected chi connectivity index (χ1v) is 6.22. The number of likely N-dealkylation sites (N-methyl/N-ethyl adjacent to an activating group) is 1. The molecule has 5 nitrogen and oxygen atoms in total. The van der Waals surface area contributed by atoms with E-state index < -0.39 is 5.60 Å². The predicted octanol–water partition coefficient (Wildman–Crippen LogP) is 0.857. The van der Waals surface area contributed by atoms with Crippen molar-refractivity contribution in [1.82, 2.24) is 19.7 Å². The summed E-state index contributed by atoms with van der Waals surface area (Å²) in [7, 11) is 2.05. The lowest BCUT2D eigenvalue weighted by Gasteiger charge is -2.22. The van der Waals surface area contributed by atoms with Crippen LogP contribution in [0.3, 0.4) is 0 Å². The average Bonchev–Trinajstić information content (AvgIpc) is 2.73. The Morgan fingerprint density at radius 3 is 2.82 bits per heavy atom. The van der Waals surface area contributed by atoms with Crippen molar-refractivity contribution in [2.24, 2.45) is 0 Å². The van der Waals surface area contributed by atoms with Gasteiger partial charge in [0.2, 0.25) is 0 Å². The van der Waals surface area contributed by atoms with E-state index in [9.17, 15) is 5.11 Å².